The fourth-order valence-corrected chi connectivity index (χ4v) is 3.55. The van der Waals surface area contributed by atoms with Gasteiger partial charge in [-0.2, -0.15) is 4.98 Å². The molecule has 4 rings (SSSR count). The van der Waals surface area contributed by atoms with Crippen LogP contribution in [0.25, 0.3) is 11.4 Å². The molecule has 1 unspecified atom stereocenters. The maximum absolute atomic E-state index is 12.6. The monoisotopic (exact) mass is 361 g/mol. The zero-order chi connectivity index (χ0) is 19.0. The van der Waals surface area contributed by atoms with Crippen LogP contribution in [-0.2, 0) is 11.2 Å². The zero-order valence-electron chi connectivity index (χ0n) is 15.9. The van der Waals surface area contributed by atoms with Crippen molar-refractivity contribution >= 4 is 11.6 Å². The van der Waals surface area contributed by atoms with Crippen molar-refractivity contribution in [3.05, 3.63) is 65.0 Å². The number of carbonyl (C=O) groups excluding carboxylic acids is 1. The van der Waals surface area contributed by atoms with Gasteiger partial charge >= 0.3 is 0 Å². The van der Waals surface area contributed by atoms with Crippen molar-refractivity contribution in [3.63, 3.8) is 0 Å². The molecule has 1 aliphatic heterocycles. The van der Waals surface area contributed by atoms with Crippen molar-refractivity contribution in [2.45, 2.75) is 39.5 Å². The predicted octanol–water partition coefficient (Wildman–Crippen LogP) is 4.44. The zero-order valence-corrected chi connectivity index (χ0v) is 15.9. The highest BCUT2D eigenvalue weighted by molar-refractivity contribution is 5.96. The molecule has 1 saturated heterocycles. The van der Waals surface area contributed by atoms with Crippen LogP contribution in [0.15, 0.2) is 47.0 Å². The molecule has 1 aromatic heterocycles. The van der Waals surface area contributed by atoms with E-state index in [1.54, 1.807) is 0 Å². The van der Waals surface area contributed by atoms with Gasteiger partial charge in [-0.3, -0.25) is 4.79 Å². The molecule has 0 spiro atoms. The molecule has 0 aliphatic carbocycles. The number of benzene rings is 2. The van der Waals surface area contributed by atoms with Gasteiger partial charge in [0.1, 0.15) is 0 Å². The summed E-state index contributed by atoms with van der Waals surface area (Å²) in [7, 11) is 0. The van der Waals surface area contributed by atoms with Crippen LogP contribution in [0.1, 0.15) is 41.8 Å². The van der Waals surface area contributed by atoms with E-state index < -0.39 is 0 Å². The van der Waals surface area contributed by atoms with Crippen LogP contribution in [0.3, 0.4) is 0 Å². The highest BCUT2D eigenvalue weighted by atomic mass is 16.5. The van der Waals surface area contributed by atoms with Gasteiger partial charge in [-0.15, -0.1) is 0 Å². The second kappa shape index (κ2) is 6.99. The van der Waals surface area contributed by atoms with Crippen molar-refractivity contribution in [1.82, 2.24) is 10.1 Å². The number of anilines is 1. The summed E-state index contributed by atoms with van der Waals surface area (Å²) < 4.78 is 5.54. The molecule has 1 amide bonds. The Morgan fingerprint density at radius 3 is 2.85 bits per heavy atom. The first-order valence-electron chi connectivity index (χ1n) is 9.35. The van der Waals surface area contributed by atoms with Gasteiger partial charge in [0.05, 0.1) is 5.92 Å². The molecule has 0 radical (unpaired) electrons. The van der Waals surface area contributed by atoms with Gasteiger partial charge in [0.2, 0.25) is 17.6 Å². The Hall–Kier alpha value is -2.95. The van der Waals surface area contributed by atoms with Gasteiger partial charge in [-0.05, 0) is 49.6 Å². The maximum Gasteiger partial charge on any atom is 0.232 e. The standard InChI is InChI=1S/C22H23N3O2/c1-4-16-6-5-7-18(11-16)25-13-17(12-20(25)26)22-23-21(24-27-22)19-10-14(2)8-9-15(19)3/h5-11,17H,4,12-13H2,1-3H3. The summed E-state index contributed by atoms with van der Waals surface area (Å²) in [4.78, 5) is 19.0. The highest BCUT2D eigenvalue weighted by Crippen LogP contribution is 2.32. The second-order valence-corrected chi connectivity index (χ2v) is 7.20. The molecular formula is C22H23N3O2. The summed E-state index contributed by atoms with van der Waals surface area (Å²) in [6, 6.07) is 14.3. The number of aryl methyl sites for hydroxylation is 3. The topological polar surface area (TPSA) is 59.2 Å². The number of hydrogen-bond donors (Lipinski definition) is 0. The molecule has 0 N–H and O–H groups in total. The minimum atomic E-state index is -0.0749. The highest BCUT2D eigenvalue weighted by Gasteiger charge is 2.35. The van der Waals surface area contributed by atoms with Gasteiger partial charge in [-0.1, -0.05) is 41.9 Å². The van der Waals surface area contributed by atoms with E-state index in [2.05, 4.69) is 47.4 Å². The Morgan fingerprint density at radius 2 is 2.04 bits per heavy atom. The van der Waals surface area contributed by atoms with E-state index in [0.717, 1.165) is 28.8 Å². The van der Waals surface area contributed by atoms with Crippen molar-refractivity contribution < 1.29 is 9.32 Å². The third-order valence-corrected chi connectivity index (χ3v) is 5.18. The third-order valence-electron chi connectivity index (χ3n) is 5.18. The van der Waals surface area contributed by atoms with E-state index >= 15 is 0 Å². The quantitative estimate of drug-likeness (QED) is 0.689. The lowest BCUT2D eigenvalue weighted by molar-refractivity contribution is -0.117. The summed E-state index contributed by atoms with van der Waals surface area (Å²) in [5, 5.41) is 4.17. The van der Waals surface area contributed by atoms with Gasteiger partial charge in [-0.25, -0.2) is 0 Å². The molecule has 138 valence electrons. The number of nitrogens with zero attached hydrogens (tertiary/aromatic N) is 3. The summed E-state index contributed by atoms with van der Waals surface area (Å²) in [6.07, 6.45) is 1.34. The molecule has 1 fully saturated rings. The fourth-order valence-electron chi connectivity index (χ4n) is 3.55. The van der Waals surface area contributed by atoms with Crippen LogP contribution < -0.4 is 4.90 Å². The summed E-state index contributed by atoms with van der Waals surface area (Å²) in [5.74, 6) is 1.15. The SMILES string of the molecule is CCc1cccc(N2CC(c3nc(-c4cc(C)ccc4C)no3)CC2=O)c1. The van der Waals surface area contributed by atoms with Gasteiger partial charge in [0.15, 0.2) is 0 Å². The minimum Gasteiger partial charge on any atom is -0.339 e. The number of amides is 1. The molecule has 5 heteroatoms. The van der Waals surface area contributed by atoms with Crippen molar-refractivity contribution in [3.8, 4) is 11.4 Å². The van der Waals surface area contributed by atoms with Crippen LogP contribution in [-0.4, -0.2) is 22.6 Å². The van der Waals surface area contributed by atoms with E-state index in [0.29, 0.717) is 24.7 Å². The molecule has 1 atom stereocenters. The lowest BCUT2D eigenvalue weighted by atomic mass is 10.1. The third kappa shape index (κ3) is 3.37. The Kier molecular flexibility index (Phi) is 4.52. The van der Waals surface area contributed by atoms with Gasteiger partial charge in [0.25, 0.3) is 0 Å². The van der Waals surface area contributed by atoms with Gasteiger partial charge < -0.3 is 9.42 Å². The average Bonchev–Trinajstić information content (AvgIpc) is 3.30. The van der Waals surface area contributed by atoms with E-state index in [9.17, 15) is 4.79 Å². The largest absolute Gasteiger partial charge is 0.339 e. The molecule has 1 aliphatic rings. The van der Waals surface area contributed by atoms with Crippen LogP contribution >= 0.6 is 0 Å². The molecule has 5 nitrogen and oxygen atoms in total. The maximum atomic E-state index is 12.6. The number of rotatable bonds is 4. The van der Waals surface area contributed by atoms with E-state index in [1.807, 2.05) is 30.9 Å². The van der Waals surface area contributed by atoms with E-state index in [1.165, 1.54) is 5.56 Å². The molecule has 27 heavy (non-hydrogen) atoms. The Bertz CT molecular complexity index is 993. The fraction of sp³-hybridized carbons (Fsp3) is 0.318. The normalized spacial score (nSPS) is 16.9. The lowest BCUT2D eigenvalue weighted by Gasteiger charge is -2.16. The molecule has 0 saturated carbocycles. The number of hydrogen-bond acceptors (Lipinski definition) is 4. The van der Waals surface area contributed by atoms with Crippen LogP contribution in [0, 0.1) is 13.8 Å². The summed E-state index contributed by atoms with van der Waals surface area (Å²) in [6.45, 7) is 6.76. The molecular weight excluding hydrogens is 338 g/mol. The van der Waals surface area contributed by atoms with Crippen LogP contribution in [0.4, 0.5) is 5.69 Å². The smallest absolute Gasteiger partial charge is 0.232 e. The summed E-state index contributed by atoms with van der Waals surface area (Å²) >= 11 is 0. The number of aromatic nitrogens is 2. The Balaban J connectivity index is 1.58. The predicted molar refractivity (Wildman–Crippen MR) is 105 cm³/mol. The van der Waals surface area contributed by atoms with E-state index in [-0.39, 0.29) is 11.8 Å². The first-order valence-corrected chi connectivity index (χ1v) is 9.35. The van der Waals surface area contributed by atoms with E-state index in [4.69, 9.17) is 4.52 Å². The Morgan fingerprint density at radius 1 is 1.19 bits per heavy atom. The van der Waals surface area contributed by atoms with Crippen molar-refractivity contribution in [2.24, 2.45) is 0 Å². The van der Waals surface area contributed by atoms with Crippen LogP contribution in [0.5, 0.6) is 0 Å². The molecule has 2 aromatic carbocycles. The molecule has 2 heterocycles. The van der Waals surface area contributed by atoms with Crippen molar-refractivity contribution in [1.29, 1.82) is 0 Å². The average molecular weight is 361 g/mol. The summed E-state index contributed by atoms with van der Waals surface area (Å²) in [5.41, 5.74) is 5.39. The van der Waals surface area contributed by atoms with Gasteiger partial charge in [0, 0.05) is 24.2 Å². The van der Waals surface area contributed by atoms with Crippen molar-refractivity contribution in [2.75, 3.05) is 11.4 Å². The Labute approximate surface area is 159 Å². The second-order valence-electron chi connectivity index (χ2n) is 7.20. The van der Waals surface area contributed by atoms with Crippen LogP contribution in [0.2, 0.25) is 0 Å². The lowest BCUT2D eigenvalue weighted by Crippen LogP contribution is -2.24. The first kappa shape index (κ1) is 17.5. The number of carbonyl (C=O) groups is 1. The molecule has 3 aromatic rings. The molecule has 0 bridgehead atoms. The first-order chi connectivity index (χ1) is 13.0. The minimum absolute atomic E-state index is 0.0749.